The Hall–Kier alpha value is -3.71. The van der Waals surface area contributed by atoms with Gasteiger partial charge in [-0.2, -0.15) is 23.7 Å². The molecule has 1 aromatic carbocycles. The fourth-order valence-electron chi connectivity index (χ4n) is 2.80. The van der Waals surface area contributed by atoms with Crippen molar-refractivity contribution in [2.45, 2.75) is 12.2 Å². The maximum Gasteiger partial charge on any atom is 0.416 e. The number of aliphatic imine (C=N–C) groups is 1. The zero-order chi connectivity index (χ0) is 21.5. The first kappa shape index (κ1) is 20.0. The Balaban J connectivity index is 2.34. The molecular weight excluding hydrogens is 457 g/mol. The van der Waals surface area contributed by atoms with Gasteiger partial charge < -0.3 is 21.9 Å². The molecular formula is C16H10BrF3N8O. The number of nitrogens with one attached hydrogen (secondary N) is 2. The number of pyridine rings is 1. The number of alkyl halides is 3. The van der Waals surface area contributed by atoms with Gasteiger partial charge in [-0.25, -0.2) is 9.98 Å². The molecule has 0 aliphatic carbocycles. The number of benzene rings is 1. The van der Waals surface area contributed by atoms with Gasteiger partial charge >= 0.3 is 6.18 Å². The molecule has 148 valence electrons. The Morgan fingerprint density at radius 2 is 1.97 bits per heavy atom. The number of phenols is 1. The summed E-state index contributed by atoms with van der Waals surface area (Å²) in [5.41, 5.74) is 10.1. The van der Waals surface area contributed by atoms with Crippen molar-refractivity contribution in [3.05, 3.63) is 38.9 Å². The van der Waals surface area contributed by atoms with Gasteiger partial charge in [0.05, 0.1) is 15.7 Å². The number of hydrogen-bond donors (Lipinski definition) is 5. The summed E-state index contributed by atoms with van der Waals surface area (Å²) in [5.74, 6) is -0.924. The second-order valence-electron chi connectivity index (χ2n) is 5.80. The third-order valence-electron chi connectivity index (χ3n) is 4.07. The Morgan fingerprint density at radius 3 is 2.55 bits per heavy atom. The van der Waals surface area contributed by atoms with Gasteiger partial charge in [0.25, 0.3) is 0 Å². The van der Waals surface area contributed by atoms with E-state index in [-0.39, 0.29) is 44.4 Å². The van der Waals surface area contributed by atoms with Gasteiger partial charge in [0.1, 0.15) is 35.1 Å². The van der Waals surface area contributed by atoms with Crippen LogP contribution in [0.25, 0.3) is 0 Å². The first-order chi connectivity index (χ1) is 13.6. The number of aromatic hydroxyl groups is 1. The van der Waals surface area contributed by atoms with Gasteiger partial charge in [0.15, 0.2) is 6.19 Å². The Morgan fingerprint density at radius 1 is 1.28 bits per heavy atom. The number of nitriles is 2. The monoisotopic (exact) mass is 466 g/mol. The molecule has 1 aromatic heterocycles. The summed E-state index contributed by atoms with van der Waals surface area (Å²) in [6.07, 6.45) is -3.09. The molecule has 0 saturated carbocycles. The maximum absolute atomic E-state index is 13.3. The van der Waals surface area contributed by atoms with Crippen LogP contribution in [0.2, 0.25) is 0 Å². The van der Waals surface area contributed by atoms with Crippen molar-refractivity contribution < 1.29 is 18.3 Å². The maximum atomic E-state index is 13.3. The van der Waals surface area contributed by atoms with E-state index < -0.39 is 23.5 Å². The molecule has 2 heterocycles. The summed E-state index contributed by atoms with van der Waals surface area (Å²) in [5, 5.41) is 33.4. The fraction of sp³-hybridized carbons (Fsp3) is 0.125. The van der Waals surface area contributed by atoms with E-state index in [9.17, 15) is 23.5 Å². The highest BCUT2D eigenvalue weighted by Gasteiger charge is 2.36. The van der Waals surface area contributed by atoms with Crippen molar-refractivity contribution in [3.63, 3.8) is 0 Å². The first-order valence-corrected chi connectivity index (χ1v) is 8.46. The van der Waals surface area contributed by atoms with Crippen LogP contribution in [-0.4, -0.2) is 16.1 Å². The highest BCUT2D eigenvalue weighted by molar-refractivity contribution is 9.10. The van der Waals surface area contributed by atoms with Crippen molar-refractivity contribution in [1.82, 2.24) is 10.3 Å². The summed E-state index contributed by atoms with van der Waals surface area (Å²) in [4.78, 5) is 8.12. The number of rotatable bonds is 1. The van der Waals surface area contributed by atoms with Crippen LogP contribution in [0.4, 0.5) is 30.5 Å². The van der Waals surface area contributed by atoms with Crippen molar-refractivity contribution >= 4 is 39.2 Å². The minimum Gasteiger partial charge on any atom is -0.506 e. The molecule has 0 radical (unpaired) electrons. The van der Waals surface area contributed by atoms with E-state index in [1.165, 1.54) is 0 Å². The van der Waals surface area contributed by atoms with Crippen molar-refractivity contribution in [2.75, 3.05) is 16.8 Å². The second-order valence-corrected chi connectivity index (χ2v) is 6.65. The van der Waals surface area contributed by atoms with E-state index in [4.69, 9.17) is 16.7 Å². The number of phenolic OH excluding ortho intramolecular Hbond substituents is 1. The molecule has 0 fully saturated rings. The zero-order valence-electron chi connectivity index (χ0n) is 14.1. The number of nitrogen functional groups attached to an aromatic ring is 2. The Kier molecular flexibility index (Phi) is 4.86. The first-order valence-electron chi connectivity index (χ1n) is 7.67. The van der Waals surface area contributed by atoms with Gasteiger partial charge in [-0.3, -0.25) is 5.32 Å². The molecule has 3 rings (SSSR count). The molecule has 29 heavy (non-hydrogen) atoms. The van der Waals surface area contributed by atoms with Crippen LogP contribution >= 0.6 is 15.9 Å². The van der Waals surface area contributed by atoms with Gasteiger partial charge in [-0.15, -0.1) is 0 Å². The zero-order valence-corrected chi connectivity index (χ0v) is 15.7. The van der Waals surface area contributed by atoms with Gasteiger partial charge in [0.2, 0.25) is 5.96 Å². The SMILES string of the molecule is N#CNC1=NC(c2cc(C(F)(F)F)cc(Br)c2O)c2c(nc(N)c(C#N)c2N)N1. The van der Waals surface area contributed by atoms with Crippen LogP contribution in [0, 0.1) is 22.8 Å². The third kappa shape index (κ3) is 3.43. The number of halogens is 4. The number of anilines is 3. The predicted octanol–water partition coefficient (Wildman–Crippen LogP) is 2.55. The molecule has 0 bridgehead atoms. The van der Waals surface area contributed by atoms with Crippen molar-refractivity contribution in [3.8, 4) is 18.0 Å². The fourth-order valence-corrected chi connectivity index (χ4v) is 3.27. The normalized spacial score (nSPS) is 15.4. The lowest BCUT2D eigenvalue weighted by atomic mass is 9.93. The van der Waals surface area contributed by atoms with E-state index in [0.717, 1.165) is 0 Å². The van der Waals surface area contributed by atoms with E-state index >= 15 is 0 Å². The highest BCUT2D eigenvalue weighted by Crippen LogP contribution is 2.46. The summed E-state index contributed by atoms with van der Waals surface area (Å²) in [6, 6.07) is 1.87. The van der Waals surface area contributed by atoms with Crippen LogP contribution in [0.15, 0.2) is 21.6 Å². The topological polar surface area (TPSA) is 169 Å². The summed E-state index contributed by atoms with van der Waals surface area (Å²) in [6.45, 7) is 0. The van der Waals surface area contributed by atoms with E-state index in [1.807, 2.05) is 0 Å². The lowest BCUT2D eigenvalue weighted by Crippen LogP contribution is -2.32. The minimum absolute atomic E-state index is 0.0234. The molecule has 1 aliphatic heterocycles. The molecule has 13 heteroatoms. The molecule has 7 N–H and O–H groups in total. The van der Waals surface area contributed by atoms with Crippen LogP contribution in [-0.2, 0) is 6.18 Å². The molecule has 0 spiro atoms. The molecule has 9 nitrogen and oxygen atoms in total. The average molecular weight is 467 g/mol. The lowest BCUT2D eigenvalue weighted by molar-refractivity contribution is -0.137. The summed E-state index contributed by atoms with van der Waals surface area (Å²) >= 11 is 2.90. The molecule has 0 amide bonds. The van der Waals surface area contributed by atoms with Crippen LogP contribution in [0.3, 0.4) is 0 Å². The van der Waals surface area contributed by atoms with E-state index in [0.29, 0.717) is 12.1 Å². The van der Waals surface area contributed by atoms with Crippen LogP contribution < -0.4 is 22.1 Å². The van der Waals surface area contributed by atoms with Crippen LogP contribution in [0.1, 0.15) is 28.3 Å². The Bertz CT molecular complexity index is 1130. The smallest absolute Gasteiger partial charge is 0.416 e. The number of aromatic nitrogens is 1. The standard InChI is InChI=1S/C16H10BrF3N8O/c17-8-2-5(16(18,19)20)1-6(12(8)29)11-9-10(23)7(3-21)13(24)27-14(9)28-15(26-11)25-4-22/h1-2,11,29H,(H6,23,24,25,26,27,28). The van der Waals surface area contributed by atoms with Gasteiger partial charge in [0, 0.05) is 11.1 Å². The van der Waals surface area contributed by atoms with E-state index in [1.54, 1.807) is 12.3 Å². The molecule has 1 atom stereocenters. The van der Waals surface area contributed by atoms with Gasteiger partial charge in [-0.05, 0) is 28.1 Å². The summed E-state index contributed by atoms with van der Waals surface area (Å²) in [7, 11) is 0. The number of guanidine groups is 1. The highest BCUT2D eigenvalue weighted by atomic mass is 79.9. The average Bonchev–Trinajstić information content (AvgIpc) is 2.62. The minimum atomic E-state index is -4.71. The largest absolute Gasteiger partial charge is 0.506 e. The molecule has 1 unspecified atom stereocenters. The second kappa shape index (κ2) is 7.03. The quantitative estimate of drug-likeness (QED) is 0.315. The Labute approximate surface area is 169 Å². The number of nitrogens with zero attached hydrogens (tertiary/aromatic N) is 4. The van der Waals surface area contributed by atoms with Gasteiger partial charge in [-0.1, -0.05) is 0 Å². The number of nitrogens with two attached hydrogens (primary N) is 2. The molecule has 2 aromatic rings. The lowest BCUT2D eigenvalue weighted by Gasteiger charge is -2.27. The summed E-state index contributed by atoms with van der Waals surface area (Å²) < 4.78 is 39.6. The van der Waals surface area contributed by atoms with Crippen molar-refractivity contribution in [2.24, 2.45) is 4.99 Å². The molecule has 1 aliphatic rings. The van der Waals surface area contributed by atoms with Crippen molar-refractivity contribution in [1.29, 1.82) is 10.5 Å². The molecule has 0 saturated heterocycles. The number of fused-ring (bicyclic) bond motifs is 1. The number of hydrogen-bond acceptors (Lipinski definition) is 9. The third-order valence-corrected chi connectivity index (χ3v) is 4.68. The van der Waals surface area contributed by atoms with E-state index in [2.05, 4.69) is 36.5 Å². The predicted molar refractivity (Wildman–Crippen MR) is 100 cm³/mol. The van der Waals surface area contributed by atoms with Crippen LogP contribution in [0.5, 0.6) is 5.75 Å².